The largest absolute Gasteiger partial charge is 0.449 e. The van der Waals surface area contributed by atoms with E-state index in [4.69, 9.17) is 9.68 Å². The molecule has 2 N–H and O–H groups in total. The molecule has 0 atom stereocenters. The van der Waals surface area contributed by atoms with Crippen LogP contribution in [-0.2, 0) is 11.3 Å². The SMILES string of the molecule is CCC(=O)Nc1ccc(NCc2ccc(C#N)o2)cc1. The van der Waals surface area contributed by atoms with Gasteiger partial charge in [-0.15, -0.1) is 0 Å². The van der Waals surface area contributed by atoms with Gasteiger partial charge in [-0.25, -0.2) is 0 Å². The van der Waals surface area contributed by atoms with E-state index < -0.39 is 0 Å². The molecule has 5 nitrogen and oxygen atoms in total. The lowest BCUT2D eigenvalue weighted by molar-refractivity contribution is -0.115. The number of nitrogens with one attached hydrogen (secondary N) is 2. The highest BCUT2D eigenvalue weighted by Gasteiger charge is 2.02. The Morgan fingerprint density at radius 3 is 2.50 bits per heavy atom. The summed E-state index contributed by atoms with van der Waals surface area (Å²) in [5, 5.41) is 14.6. The monoisotopic (exact) mass is 269 g/mol. The highest BCUT2D eigenvalue weighted by atomic mass is 16.3. The van der Waals surface area contributed by atoms with E-state index in [0.29, 0.717) is 24.5 Å². The molecule has 0 saturated heterocycles. The Labute approximate surface area is 117 Å². The molecular formula is C15H15N3O2. The van der Waals surface area contributed by atoms with Crippen molar-refractivity contribution >= 4 is 17.3 Å². The molecule has 0 radical (unpaired) electrons. The fourth-order valence-electron chi connectivity index (χ4n) is 1.64. The van der Waals surface area contributed by atoms with Crippen molar-refractivity contribution in [2.75, 3.05) is 10.6 Å². The second-order valence-electron chi connectivity index (χ2n) is 4.21. The van der Waals surface area contributed by atoms with Gasteiger partial charge in [0.25, 0.3) is 0 Å². The predicted molar refractivity (Wildman–Crippen MR) is 76.1 cm³/mol. The van der Waals surface area contributed by atoms with Crippen molar-refractivity contribution < 1.29 is 9.21 Å². The average Bonchev–Trinajstić information content (AvgIpc) is 2.94. The molecule has 20 heavy (non-hydrogen) atoms. The summed E-state index contributed by atoms with van der Waals surface area (Å²) >= 11 is 0. The van der Waals surface area contributed by atoms with Crippen LogP contribution in [0.25, 0.3) is 0 Å². The van der Waals surface area contributed by atoms with Crippen molar-refractivity contribution in [2.45, 2.75) is 19.9 Å². The number of furan rings is 1. The molecule has 2 rings (SSSR count). The Kier molecular flexibility index (Phi) is 4.40. The van der Waals surface area contributed by atoms with E-state index >= 15 is 0 Å². The molecule has 0 spiro atoms. The van der Waals surface area contributed by atoms with Gasteiger partial charge in [-0.3, -0.25) is 4.79 Å². The maximum Gasteiger partial charge on any atom is 0.224 e. The number of anilines is 2. The third-order valence-corrected chi connectivity index (χ3v) is 2.73. The fourth-order valence-corrected chi connectivity index (χ4v) is 1.64. The number of hydrogen-bond acceptors (Lipinski definition) is 4. The zero-order valence-corrected chi connectivity index (χ0v) is 11.1. The Bertz CT molecular complexity index is 623. The van der Waals surface area contributed by atoms with Gasteiger partial charge in [0, 0.05) is 17.8 Å². The number of nitriles is 1. The lowest BCUT2D eigenvalue weighted by atomic mass is 10.2. The quantitative estimate of drug-likeness (QED) is 0.874. The first-order valence-corrected chi connectivity index (χ1v) is 6.34. The van der Waals surface area contributed by atoms with Gasteiger partial charge < -0.3 is 15.1 Å². The molecule has 1 aromatic heterocycles. The smallest absolute Gasteiger partial charge is 0.224 e. The van der Waals surface area contributed by atoms with E-state index in [0.717, 1.165) is 11.4 Å². The van der Waals surface area contributed by atoms with Crippen LogP contribution in [0, 0.1) is 11.3 Å². The lowest BCUT2D eigenvalue weighted by Crippen LogP contribution is -2.09. The second kappa shape index (κ2) is 6.43. The van der Waals surface area contributed by atoms with Crippen LogP contribution < -0.4 is 10.6 Å². The topological polar surface area (TPSA) is 78.1 Å². The first-order chi connectivity index (χ1) is 9.71. The summed E-state index contributed by atoms with van der Waals surface area (Å²) in [6.07, 6.45) is 0.458. The number of amides is 1. The van der Waals surface area contributed by atoms with Gasteiger partial charge in [0.05, 0.1) is 6.54 Å². The Hall–Kier alpha value is -2.74. The number of rotatable bonds is 5. The lowest BCUT2D eigenvalue weighted by Gasteiger charge is -2.07. The van der Waals surface area contributed by atoms with Crippen LogP contribution >= 0.6 is 0 Å². The van der Waals surface area contributed by atoms with Crippen LogP contribution in [0.5, 0.6) is 0 Å². The summed E-state index contributed by atoms with van der Waals surface area (Å²) in [4.78, 5) is 11.2. The summed E-state index contributed by atoms with van der Waals surface area (Å²) < 4.78 is 5.26. The molecule has 1 aromatic carbocycles. The summed E-state index contributed by atoms with van der Waals surface area (Å²) in [5.41, 5.74) is 1.68. The molecule has 1 heterocycles. The Balaban J connectivity index is 1.90. The molecule has 102 valence electrons. The van der Waals surface area contributed by atoms with Crippen molar-refractivity contribution in [2.24, 2.45) is 0 Å². The van der Waals surface area contributed by atoms with Crippen LogP contribution in [0.3, 0.4) is 0 Å². The molecule has 1 amide bonds. The van der Waals surface area contributed by atoms with E-state index in [1.54, 1.807) is 12.1 Å². The van der Waals surface area contributed by atoms with Crippen molar-refractivity contribution in [1.82, 2.24) is 0 Å². The van der Waals surface area contributed by atoms with Gasteiger partial charge in [0.1, 0.15) is 11.8 Å². The third kappa shape index (κ3) is 3.62. The maximum atomic E-state index is 11.2. The molecule has 0 aliphatic rings. The molecule has 0 saturated carbocycles. The van der Waals surface area contributed by atoms with Crippen LogP contribution in [0.15, 0.2) is 40.8 Å². The van der Waals surface area contributed by atoms with Crippen molar-refractivity contribution in [3.8, 4) is 6.07 Å². The molecular weight excluding hydrogens is 254 g/mol. The summed E-state index contributed by atoms with van der Waals surface area (Å²) in [7, 11) is 0. The van der Waals surface area contributed by atoms with Gasteiger partial charge >= 0.3 is 0 Å². The highest BCUT2D eigenvalue weighted by molar-refractivity contribution is 5.90. The predicted octanol–water partition coefficient (Wildman–Crippen LogP) is 3.11. The molecule has 0 unspecified atom stereocenters. The molecule has 0 bridgehead atoms. The zero-order chi connectivity index (χ0) is 14.4. The summed E-state index contributed by atoms with van der Waals surface area (Å²) in [5.74, 6) is 0.995. The summed E-state index contributed by atoms with van der Waals surface area (Å²) in [6.45, 7) is 2.31. The highest BCUT2D eigenvalue weighted by Crippen LogP contribution is 2.15. The van der Waals surface area contributed by atoms with Gasteiger partial charge in [-0.05, 0) is 36.4 Å². The third-order valence-electron chi connectivity index (χ3n) is 2.73. The number of carbonyl (C=O) groups is 1. The Morgan fingerprint density at radius 2 is 1.90 bits per heavy atom. The van der Waals surface area contributed by atoms with Gasteiger partial charge in [-0.1, -0.05) is 6.92 Å². The number of carbonyl (C=O) groups excluding carboxylic acids is 1. The molecule has 2 aromatic rings. The first kappa shape index (κ1) is 13.7. The van der Waals surface area contributed by atoms with Crippen molar-refractivity contribution in [3.63, 3.8) is 0 Å². The van der Waals surface area contributed by atoms with E-state index in [1.165, 1.54) is 0 Å². The maximum absolute atomic E-state index is 11.2. The van der Waals surface area contributed by atoms with E-state index in [1.807, 2.05) is 37.3 Å². The molecule has 0 fully saturated rings. The number of hydrogen-bond donors (Lipinski definition) is 2. The minimum atomic E-state index is -0.00896. The van der Waals surface area contributed by atoms with Crippen LogP contribution in [0.4, 0.5) is 11.4 Å². The van der Waals surface area contributed by atoms with E-state index in [-0.39, 0.29) is 5.91 Å². The fraction of sp³-hybridized carbons (Fsp3) is 0.200. The van der Waals surface area contributed by atoms with Gasteiger partial charge in [0.2, 0.25) is 11.7 Å². The van der Waals surface area contributed by atoms with E-state index in [2.05, 4.69) is 10.6 Å². The minimum Gasteiger partial charge on any atom is -0.449 e. The van der Waals surface area contributed by atoms with Crippen LogP contribution in [-0.4, -0.2) is 5.91 Å². The standard InChI is InChI=1S/C15H15N3O2/c1-2-15(19)18-12-5-3-11(4-6-12)17-10-14-8-7-13(9-16)20-14/h3-8,17H,2,10H2,1H3,(H,18,19). The molecule has 0 aliphatic heterocycles. The van der Waals surface area contributed by atoms with Gasteiger partial charge in [-0.2, -0.15) is 5.26 Å². The molecule has 0 aliphatic carbocycles. The normalized spacial score (nSPS) is 9.80. The second-order valence-corrected chi connectivity index (χ2v) is 4.21. The van der Waals surface area contributed by atoms with Crippen LogP contribution in [0.2, 0.25) is 0 Å². The number of benzene rings is 1. The van der Waals surface area contributed by atoms with Crippen molar-refractivity contribution in [1.29, 1.82) is 5.26 Å². The summed E-state index contributed by atoms with van der Waals surface area (Å²) in [6, 6.07) is 12.8. The zero-order valence-electron chi connectivity index (χ0n) is 11.1. The molecule has 5 heteroatoms. The number of nitrogens with zero attached hydrogens (tertiary/aromatic N) is 1. The van der Waals surface area contributed by atoms with E-state index in [9.17, 15) is 4.79 Å². The Morgan fingerprint density at radius 1 is 1.20 bits per heavy atom. The van der Waals surface area contributed by atoms with Gasteiger partial charge in [0.15, 0.2) is 0 Å². The first-order valence-electron chi connectivity index (χ1n) is 6.34. The van der Waals surface area contributed by atoms with Crippen molar-refractivity contribution in [3.05, 3.63) is 47.9 Å². The minimum absolute atomic E-state index is 0.00896. The van der Waals surface area contributed by atoms with Crippen LogP contribution in [0.1, 0.15) is 24.9 Å². The average molecular weight is 269 g/mol.